The second-order valence-corrected chi connectivity index (χ2v) is 7.40. The van der Waals surface area contributed by atoms with Crippen molar-refractivity contribution in [1.82, 2.24) is 9.97 Å². The smallest absolute Gasteiger partial charge is 0.494 e. The Balaban J connectivity index is 1.61. The van der Waals surface area contributed by atoms with Crippen molar-refractivity contribution in [2.75, 3.05) is 31.7 Å². The average molecular weight is 394 g/mol. The normalized spacial score (nSPS) is 17.1. The van der Waals surface area contributed by atoms with Crippen molar-refractivity contribution in [3.05, 3.63) is 24.5 Å². The van der Waals surface area contributed by atoms with Gasteiger partial charge in [-0.2, -0.15) is 0 Å². The predicted molar refractivity (Wildman–Crippen MR) is 102 cm³/mol. The Labute approximate surface area is 159 Å². The predicted octanol–water partition coefficient (Wildman–Crippen LogP) is 2.66. The molecule has 0 spiro atoms. The summed E-state index contributed by atoms with van der Waals surface area (Å²) in [4.78, 5) is 19.9. The van der Waals surface area contributed by atoms with E-state index in [1.165, 1.54) is 0 Å². The molecule has 146 valence electrons. The number of nitrogens with zero attached hydrogens (tertiary/aromatic N) is 3. The Morgan fingerprint density at radius 1 is 1.33 bits per heavy atom. The molecule has 9 heteroatoms. The van der Waals surface area contributed by atoms with E-state index in [0.29, 0.717) is 12.3 Å². The first-order valence-electron chi connectivity index (χ1n) is 9.08. The number of aromatic nitrogens is 2. The van der Waals surface area contributed by atoms with Gasteiger partial charge in [0.05, 0.1) is 13.7 Å². The Hall–Kier alpha value is -1.86. The van der Waals surface area contributed by atoms with Crippen molar-refractivity contribution in [2.45, 2.75) is 31.8 Å². The third kappa shape index (κ3) is 4.90. The number of benzene rings is 1. The molecule has 0 radical (unpaired) electrons. The molecule has 2 heterocycles. The minimum atomic E-state index is -2.68. The van der Waals surface area contributed by atoms with Crippen LogP contribution in [0.25, 0.3) is 10.9 Å². The van der Waals surface area contributed by atoms with E-state index in [9.17, 15) is 9.67 Å². The molecule has 2 unspecified atom stereocenters. The molecule has 2 N–H and O–H groups in total. The summed E-state index contributed by atoms with van der Waals surface area (Å²) < 4.78 is 21.0. The molecule has 0 aliphatic carbocycles. The van der Waals surface area contributed by atoms with Crippen LogP contribution in [-0.4, -0.2) is 52.9 Å². The molecule has 1 aromatic carbocycles. The zero-order chi connectivity index (χ0) is 19.2. The third-order valence-electron chi connectivity index (χ3n) is 5.08. The summed E-state index contributed by atoms with van der Waals surface area (Å²) in [6, 6.07) is 5.85. The molecule has 1 fully saturated rings. The van der Waals surface area contributed by atoms with Gasteiger partial charge in [0, 0.05) is 23.0 Å². The molecule has 0 saturated carbocycles. The summed E-state index contributed by atoms with van der Waals surface area (Å²) in [6.45, 7) is 1.52. The Morgan fingerprint density at radius 2 is 2.11 bits per heavy atom. The largest absolute Gasteiger partial charge is 0.695 e. The number of anilines is 1. The lowest BCUT2D eigenvalue weighted by Gasteiger charge is -2.33. The number of hydrogen-bond donors (Lipinski definition) is 2. The number of rotatable bonds is 8. The molecule has 27 heavy (non-hydrogen) atoms. The minimum absolute atomic E-state index is 0.241. The summed E-state index contributed by atoms with van der Waals surface area (Å²) in [7, 11) is -1.04. The maximum Gasteiger partial charge on any atom is 0.695 e. The van der Waals surface area contributed by atoms with Gasteiger partial charge in [0.1, 0.15) is 29.5 Å². The molecule has 0 bridgehead atoms. The second kappa shape index (κ2) is 9.37. The number of ether oxygens (including phenoxy) is 1. The standard InChI is InChI=1S/C18H24N3O5P/c1-25-16-4-2-3-15-17(16)19-12-20-18(15)21-9-7-13(8-10-21)5-6-14(11-22)26-27(23)24/h2-4,12-14,22H,5-11H2,1H3/p+1. The first-order valence-corrected chi connectivity index (χ1v) is 10.2. The minimum Gasteiger partial charge on any atom is -0.494 e. The van der Waals surface area contributed by atoms with Crippen LogP contribution < -0.4 is 9.64 Å². The number of aliphatic hydroxyl groups excluding tert-OH is 1. The molecule has 1 saturated heterocycles. The lowest BCUT2D eigenvalue weighted by atomic mass is 9.91. The van der Waals surface area contributed by atoms with Gasteiger partial charge in [-0.3, -0.25) is 0 Å². The van der Waals surface area contributed by atoms with E-state index in [-0.39, 0.29) is 6.61 Å². The molecule has 1 aromatic heterocycles. The molecule has 1 aliphatic rings. The van der Waals surface area contributed by atoms with Crippen molar-refractivity contribution in [1.29, 1.82) is 0 Å². The summed E-state index contributed by atoms with van der Waals surface area (Å²) in [5.74, 6) is 2.16. The van der Waals surface area contributed by atoms with Crippen LogP contribution in [-0.2, 0) is 9.09 Å². The van der Waals surface area contributed by atoms with Crippen molar-refractivity contribution in [2.24, 2.45) is 5.92 Å². The molecule has 0 amide bonds. The van der Waals surface area contributed by atoms with Crippen molar-refractivity contribution in [3.63, 3.8) is 0 Å². The summed E-state index contributed by atoms with van der Waals surface area (Å²) in [5, 5.41) is 10.2. The highest BCUT2D eigenvalue weighted by Crippen LogP contribution is 2.32. The van der Waals surface area contributed by atoms with Crippen LogP contribution in [0.5, 0.6) is 5.75 Å². The Kier molecular flexibility index (Phi) is 6.90. The van der Waals surface area contributed by atoms with Crippen LogP contribution in [0.2, 0.25) is 0 Å². The van der Waals surface area contributed by atoms with E-state index in [2.05, 4.69) is 14.9 Å². The summed E-state index contributed by atoms with van der Waals surface area (Å²) in [6.07, 6.45) is 4.44. The Bertz CT molecular complexity index is 783. The van der Waals surface area contributed by atoms with Crippen molar-refractivity contribution >= 4 is 25.0 Å². The Morgan fingerprint density at radius 3 is 2.78 bits per heavy atom. The van der Waals surface area contributed by atoms with Crippen molar-refractivity contribution < 1.29 is 23.8 Å². The molecular weight excluding hydrogens is 369 g/mol. The van der Waals surface area contributed by atoms with Gasteiger partial charge < -0.3 is 14.7 Å². The van der Waals surface area contributed by atoms with Gasteiger partial charge >= 0.3 is 8.25 Å². The van der Waals surface area contributed by atoms with Crippen LogP contribution in [0.1, 0.15) is 25.7 Å². The van der Waals surface area contributed by atoms with Crippen LogP contribution in [0, 0.1) is 5.92 Å². The molecular formula is C18H25N3O5P+. The topological polar surface area (TPSA) is 105 Å². The van der Waals surface area contributed by atoms with Gasteiger partial charge in [0.25, 0.3) is 0 Å². The SMILES string of the molecule is COc1cccc2c(N3CCC(CCC(CO)O[P+](=O)O)CC3)ncnc12. The van der Waals surface area contributed by atoms with Crippen LogP contribution in [0.4, 0.5) is 5.82 Å². The first kappa shape index (κ1) is 19.9. The zero-order valence-electron chi connectivity index (χ0n) is 15.3. The number of methoxy groups -OCH3 is 1. The van der Waals surface area contributed by atoms with E-state index in [1.54, 1.807) is 13.4 Å². The number of aliphatic hydroxyl groups is 1. The molecule has 2 aromatic rings. The molecule has 3 rings (SSSR count). The third-order valence-corrected chi connectivity index (χ3v) is 5.56. The van der Waals surface area contributed by atoms with Gasteiger partial charge in [0.15, 0.2) is 0 Å². The highest BCUT2D eigenvalue weighted by Gasteiger charge is 2.26. The van der Waals surface area contributed by atoms with E-state index >= 15 is 0 Å². The van der Waals surface area contributed by atoms with E-state index in [1.807, 2.05) is 18.2 Å². The summed E-state index contributed by atoms with van der Waals surface area (Å²) >= 11 is 0. The van der Waals surface area contributed by atoms with E-state index < -0.39 is 14.4 Å². The van der Waals surface area contributed by atoms with Gasteiger partial charge in [-0.15, -0.1) is 9.42 Å². The van der Waals surface area contributed by atoms with Gasteiger partial charge in [-0.05, 0) is 43.7 Å². The highest BCUT2D eigenvalue weighted by atomic mass is 31.1. The lowest BCUT2D eigenvalue weighted by molar-refractivity contribution is 0.0969. The van der Waals surface area contributed by atoms with Crippen LogP contribution >= 0.6 is 8.25 Å². The second-order valence-electron chi connectivity index (χ2n) is 6.71. The molecule has 2 atom stereocenters. The van der Waals surface area contributed by atoms with Gasteiger partial charge in [-0.1, -0.05) is 6.07 Å². The van der Waals surface area contributed by atoms with Gasteiger partial charge in [-0.25, -0.2) is 9.97 Å². The zero-order valence-corrected chi connectivity index (χ0v) is 16.2. The molecule has 8 nitrogen and oxygen atoms in total. The summed E-state index contributed by atoms with van der Waals surface area (Å²) in [5.41, 5.74) is 0.813. The number of para-hydroxylation sites is 1. The maximum atomic E-state index is 10.8. The number of hydrogen-bond acceptors (Lipinski definition) is 7. The lowest BCUT2D eigenvalue weighted by Crippen LogP contribution is -2.34. The first-order chi connectivity index (χ1) is 13.1. The monoisotopic (exact) mass is 394 g/mol. The van der Waals surface area contributed by atoms with Crippen molar-refractivity contribution in [3.8, 4) is 5.75 Å². The fourth-order valence-corrected chi connectivity index (χ4v) is 4.05. The highest BCUT2D eigenvalue weighted by molar-refractivity contribution is 7.32. The molecule has 1 aliphatic heterocycles. The van der Waals surface area contributed by atoms with E-state index in [0.717, 1.165) is 54.8 Å². The number of fused-ring (bicyclic) bond motifs is 1. The van der Waals surface area contributed by atoms with E-state index in [4.69, 9.17) is 14.2 Å². The maximum absolute atomic E-state index is 10.8. The quantitative estimate of drug-likeness (QED) is 0.659. The fraction of sp³-hybridized carbons (Fsp3) is 0.556. The van der Waals surface area contributed by atoms with Gasteiger partial charge in [0.2, 0.25) is 0 Å². The average Bonchev–Trinajstić information content (AvgIpc) is 2.70. The fourth-order valence-electron chi connectivity index (χ4n) is 3.62. The van der Waals surface area contributed by atoms with Crippen LogP contribution in [0.15, 0.2) is 24.5 Å². The van der Waals surface area contributed by atoms with Crippen LogP contribution in [0.3, 0.4) is 0 Å². The number of piperidine rings is 1.